The maximum Gasteiger partial charge on any atom is 0.167 e. The van der Waals surface area contributed by atoms with Crippen LogP contribution in [-0.4, -0.2) is 15.0 Å². The first-order chi connectivity index (χ1) is 30.7. The summed E-state index contributed by atoms with van der Waals surface area (Å²) >= 11 is 0. The molecule has 0 saturated heterocycles. The van der Waals surface area contributed by atoms with Crippen LogP contribution in [0.25, 0.3) is 78.3 Å². The fourth-order valence-corrected chi connectivity index (χ4v) is 9.83. The average Bonchev–Trinajstić information content (AvgIpc) is 3.64. The van der Waals surface area contributed by atoms with Crippen LogP contribution < -0.4 is 4.74 Å². The molecule has 0 amide bonds. The smallest absolute Gasteiger partial charge is 0.167 e. The summed E-state index contributed by atoms with van der Waals surface area (Å²) < 4.78 is 7.10. The lowest BCUT2D eigenvalue weighted by Gasteiger charge is -2.40. The molecule has 288 valence electrons. The highest BCUT2D eigenvalue weighted by atomic mass is 16.5. The molecule has 1 unspecified atom stereocenters. The van der Waals surface area contributed by atoms with Crippen LogP contribution in [0.2, 0.25) is 0 Å². The summed E-state index contributed by atoms with van der Waals surface area (Å²) in [6, 6.07) is 73.7. The second-order valence-electron chi connectivity index (χ2n) is 15.7. The number of aromatic nitrogens is 3. The summed E-state index contributed by atoms with van der Waals surface area (Å²) in [5, 5.41) is 12.6. The SMILES string of the molecule is N#Cc1ccc(-c2cccc3ccccc23)c(-c2cccc3c2-c2ccccc2C32c3ccccc3Oc3c(-c4nc(-c5ccccc5)nc(-c5ccccc5)n4)cccc32)c1. The fraction of sp³-hybridized carbons (Fsp3) is 0.0175. The van der Waals surface area contributed by atoms with Gasteiger partial charge in [-0.3, -0.25) is 0 Å². The van der Waals surface area contributed by atoms with Gasteiger partial charge in [-0.2, -0.15) is 5.26 Å². The number of benzene rings is 9. The van der Waals surface area contributed by atoms with Crippen molar-refractivity contribution in [3.05, 3.63) is 234 Å². The number of hydrogen-bond acceptors (Lipinski definition) is 5. The van der Waals surface area contributed by atoms with Gasteiger partial charge in [-0.15, -0.1) is 0 Å². The first-order valence-electron chi connectivity index (χ1n) is 20.7. The Balaban J connectivity index is 1.14. The molecule has 9 aromatic carbocycles. The summed E-state index contributed by atoms with van der Waals surface area (Å²) in [4.78, 5) is 15.3. The molecule has 1 aliphatic heterocycles. The van der Waals surface area contributed by atoms with Crippen LogP contribution in [0, 0.1) is 11.3 Å². The normalized spacial score (nSPS) is 14.3. The first-order valence-corrected chi connectivity index (χ1v) is 20.7. The van der Waals surface area contributed by atoms with Crippen molar-refractivity contribution in [3.63, 3.8) is 0 Å². The molecule has 1 atom stereocenters. The van der Waals surface area contributed by atoms with E-state index in [-0.39, 0.29) is 0 Å². The Morgan fingerprint density at radius 2 is 0.968 bits per heavy atom. The van der Waals surface area contributed by atoms with Crippen molar-refractivity contribution < 1.29 is 4.74 Å². The van der Waals surface area contributed by atoms with E-state index in [1.807, 2.05) is 72.8 Å². The van der Waals surface area contributed by atoms with Crippen LogP contribution in [0.4, 0.5) is 0 Å². The standard InChI is InChI=1S/C57H34N4O/c58-35-36-32-33-42(41-24-13-21-37-16-7-8-22-40(37)41)46(34-36)43-25-14-29-49-52(43)44-23-9-10-27-47(44)57(49)48-28-11-12-31-51(48)62-53-45(26-15-30-50(53)57)56-60-54(38-17-3-1-4-18-38)59-55(61-56)39-19-5-2-6-20-39/h1-34H. The van der Waals surface area contributed by atoms with Crippen LogP contribution in [0.5, 0.6) is 11.5 Å². The van der Waals surface area contributed by atoms with Gasteiger partial charge < -0.3 is 4.74 Å². The van der Waals surface area contributed by atoms with Crippen LogP contribution in [0.15, 0.2) is 206 Å². The number of rotatable bonds is 5. The highest BCUT2D eigenvalue weighted by Gasteiger charge is 2.52. The van der Waals surface area contributed by atoms with Gasteiger partial charge in [-0.05, 0) is 79.5 Å². The van der Waals surface area contributed by atoms with Crippen molar-refractivity contribution in [3.8, 4) is 85.1 Å². The molecule has 5 heteroatoms. The number of nitriles is 1. The minimum Gasteiger partial charge on any atom is -0.456 e. The van der Waals surface area contributed by atoms with Crippen LogP contribution in [0.1, 0.15) is 27.8 Å². The minimum atomic E-state index is -0.772. The van der Waals surface area contributed by atoms with Gasteiger partial charge in [0, 0.05) is 22.3 Å². The van der Waals surface area contributed by atoms with E-state index < -0.39 is 5.41 Å². The van der Waals surface area contributed by atoms with Crippen molar-refractivity contribution in [2.45, 2.75) is 5.41 Å². The number of ether oxygens (including phenoxy) is 1. The highest BCUT2D eigenvalue weighted by Crippen LogP contribution is 2.64. The Bertz CT molecular complexity index is 3400. The Morgan fingerprint density at radius 3 is 1.74 bits per heavy atom. The molecule has 1 aromatic heterocycles. The van der Waals surface area contributed by atoms with Gasteiger partial charge >= 0.3 is 0 Å². The minimum absolute atomic E-state index is 0.525. The van der Waals surface area contributed by atoms with Gasteiger partial charge in [-0.1, -0.05) is 182 Å². The molecule has 0 saturated carbocycles. The van der Waals surface area contributed by atoms with Crippen molar-refractivity contribution in [1.82, 2.24) is 15.0 Å². The van der Waals surface area contributed by atoms with E-state index in [1.165, 1.54) is 5.39 Å². The second kappa shape index (κ2) is 14.1. The van der Waals surface area contributed by atoms with Crippen molar-refractivity contribution >= 4 is 10.8 Å². The lowest BCUT2D eigenvalue weighted by Crippen LogP contribution is -2.32. The lowest BCUT2D eigenvalue weighted by molar-refractivity contribution is 0.437. The number of hydrogen-bond donors (Lipinski definition) is 0. The van der Waals surface area contributed by atoms with Crippen molar-refractivity contribution in [2.75, 3.05) is 0 Å². The molecular formula is C57H34N4O. The predicted molar refractivity (Wildman–Crippen MR) is 247 cm³/mol. The molecule has 5 nitrogen and oxygen atoms in total. The quantitative estimate of drug-likeness (QED) is 0.174. The van der Waals surface area contributed by atoms with E-state index in [0.29, 0.717) is 28.8 Å². The second-order valence-corrected chi connectivity index (χ2v) is 15.7. The molecule has 62 heavy (non-hydrogen) atoms. The lowest BCUT2D eigenvalue weighted by atomic mass is 9.65. The Kier molecular flexibility index (Phi) is 8.06. The van der Waals surface area contributed by atoms with Crippen molar-refractivity contribution in [1.29, 1.82) is 5.26 Å². The molecule has 0 bridgehead atoms. The largest absolute Gasteiger partial charge is 0.456 e. The van der Waals surface area contributed by atoms with E-state index in [4.69, 9.17) is 19.7 Å². The third-order valence-electron chi connectivity index (χ3n) is 12.4. The maximum atomic E-state index is 10.3. The third-order valence-corrected chi connectivity index (χ3v) is 12.4. The molecule has 0 N–H and O–H groups in total. The molecule has 1 aliphatic carbocycles. The van der Waals surface area contributed by atoms with Crippen LogP contribution >= 0.6 is 0 Å². The van der Waals surface area contributed by atoms with Gasteiger partial charge in [0.2, 0.25) is 0 Å². The third kappa shape index (κ3) is 5.30. The van der Waals surface area contributed by atoms with Gasteiger partial charge in [0.25, 0.3) is 0 Å². The summed E-state index contributed by atoms with van der Waals surface area (Å²) in [6.07, 6.45) is 0. The summed E-state index contributed by atoms with van der Waals surface area (Å²) in [7, 11) is 0. The Labute approximate surface area is 358 Å². The number of nitrogens with zero attached hydrogens (tertiary/aromatic N) is 4. The molecule has 10 aromatic rings. The van der Waals surface area contributed by atoms with Crippen LogP contribution in [0.3, 0.4) is 0 Å². The van der Waals surface area contributed by atoms with Gasteiger partial charge in [0.05, 0.1) is 22.6 Å². The molecule has 1 spiro atoms. The Hall–Kier alpha value is -8.46. The van der Waals surface area contributed by atoms with Gasteiger partial charge in [0.15, 0.2) is 17.5 Å². The number of para-hydroxylation sites is 2. The maximum absolute atomic E-state index is 10.3. The van der Waals surface area contributed by atoms with E-state index in [0.717, 1.165) is 83.5 Å². The number of fused-ring (bicyclic) bond motifs is 10. The zero-order valence-corrected chi connectivity index (χ0v) is 33.3. The molecule has 0 radical (unpaired) electrons. The summed E-state index contributed by atoms with van der Waals surface area (Å²) in [5.74, 6) is 3.16. The average molecular weight is 791 g/mol. The van der Waals surface area contributed by atoms with E-state index in [1.54, 1.807) is 0 Å². The molecule has 0 fully saturated rings. The zero-order chi connectivity index (χ0) is 41.2. The van der Waals surface area contributed by atoms with E-state index in [9.17, 15) is 5.26 Å². The van der Waals surface area contributed by atoms with Crippen molar-refractivity contribution in [2.24, 2.45) is 0 Å². The monoisotopic (exact) mass is 790 g/mol. The predicted octanol–water partition coefficient (Wildman–Crippen LogP) is 13.7. The zero-order valence-electron chi connectivity index (χ0n) is 33.3. The highest BCUT2D eigenvalue weighted by molar-refractivity contribution is 6.04. The molecule has 12 rings (SSSR count). The molecule has 2 heterocycles. The van der Waals surface area contributed by atoms with E-state index >= 15 is 0 Å². The van der Waals surface area contributed by atoms with Gasteiger partial charge in [-0.25, -0.2) is 15.0 Å². The van der Waals surface area contributed by atoms with Gasteiger partial charge in [0.1, 0.15) is 11.5 Å². The molecular weight excluding hydrogens is 757 g/mol. The summed E-state index contributed by atoms with van der Waals surface area (Å²) in [5.41, 5.74) is 13.3. The fourth-order valence-electron chi connectivity index (χ4n) is 9.83. The van der Waals surface area contributed by atoms with Crippen LogP contribution in [-0.2, 0) is 5.41 Å². The summed E-state index contributed by atoms with van der Waals surface area (Å²) in [6.45, 7) is 0. The van der Waals surface area contributed by atoms with E-state index in [2.05, 4.69) is 140 Å². The first kappa shape index (κ1) is 35.5. The molecule has 2 aliphatic rings. The Morgan fingerprint density at radius 1 is 0.403 bits per heavy atom. The topological polar surface area (TPSA) is 71.7 Å².